The van der Waals surface area contributed by atoms with Crippen LogP contribution in [-0.4, -0.2) is 11.1 Å². The van der Waals surface area contributed by atoms with Crippen LogP contribution in [0.3, 0.4) is 0 Å². The summed E-state index contributed by atoms with van der Waals surface area (Å²) in [5.74, 6) is 1.13. The first-order valence-corrected chi connectivity index (χ1v) is 5.90. The maximum Gasteiger partial charge on any atom is 0.132 e. The molecule has 0 saturated carbocycles. The van der Waals surface area contributed by atoms with E-state index in [4.69, 9.17) is 0 Å². The Balaban J connectivity index is 3.31. The molecule has 12 heavy (non-hydrogen) atoms. The quantitative estimate of drug-likeness (QED) is 0.616. The Bertz CT molecular complexity index is 123. The van der Waals surface area contributed by atoms with Crippen LogP contribution in [-0.2, 0) is 4.79 Å². The molecule has 0 aromatic rings. The molecular formula is C10H19BrO. The molecule has 1 nitrogen and oxygen atoms in total. The van der Waals surface area contributed by atoms with Gasteiger partial charge in [-0.05, 0) is 18.8 Å². The van der Waals surface area contributed by atoms with Crippen LogP contribution in [0.15, 0.2) is 0 Å². The highest BCUT2D eigenvalue weighted by molar-refractivity contribution is 9.09. The van der Waals surface area contributed by atoms with Gasteiger partial charge in [0.1, 0.15) is 5.78 Å². The Morgan fingerprint density at radius 2 is 2.08 bits per heavy atom. The minimum absolute atomic E-state index is 0.426. The molecule has 0 aliphatic heterocycles. The predicted octanol–water partition coefficient (Wildman–Crippen LogP) is 3.56. The van der Waals surface area contributed by atoms with E-state index in [2.05, 4.69) is 29.8 Å². The Labute approximate surface area is 84.1 Å². The van der Waals surface area contributed by atoms with Crippen molar-refractivity contribution in [3.05, 3.63) is 0 Å². The molecule has 0 fully saturated rings. The molecule has 1 atom stereocenters. The van der Waals surface area contributed by atoms with Crippen molar-refractivity contribution in [1.82, 2.24) is 0 Å². The van der Waals surface area contributed by atoms with E-state index >= 15 is 0 Å². The lowest BCUT2D eigenvalue weighted by Gasteiger charge is -2.06. The zero-order valence-electron chi connectivity index (χ0n) is 8.11. The normalized spacial score (nSPS) is 12.9. The number of Topliss-reactive ketones (excluding diaryl/α,β-unsaturated/α-hetero) is 1. The van der Waals surface area contributed by atoms with Crippen molar-refractivity contribution in [3.63, 3.8) is 0 Å². The van der Waals surface area contributed by atoms with Crippen LogP contribution in [0.4, 0.5) is 0 Å². The molecule has 1 unspecified atom stereocenters. The van der Waals surface area contributed by atoms with Gasteiger partial charge in [0.15, 0.2) is 0 Å². The molecule has 2 heteroatoms. The molecule has 0 aliphatic rings. The zero-order valence-corrected chi connectivity index (χ0v) is 9.69. The standard InChI is InChI=1S/C10H19BrO/c1-3-9(2)6-7-10(12)5-4-8-11/h9H,3-8H2,1-2H3. The summed E-state index contributed by atoms with van der Waals surface area (Å²) in [6.45, 7) is 4.38. The summed E-state index contributed by atoms with van der Waals surface area (Å²) < 4.78 is 0. The predicted molar refractivity (Wildman–Crippen MR) is 56.7 cm³/mol. The lowest BCUT2D eigenvalue weighted by molar-refractivity contribution is -0.119. The molecule has 72 valence electrons. The van der Waals surface area contributed by atoms with Crippen LogP contribution in [0.1, 0.15) is 46.0 Å². The average molecular weight is 235 g/mol. The first-order valence-electron chi connectivity index (χ1n) is 4.78. The van der Waals surface area contributed by atoms with E-state index in [1.165, 1.54) is 6.42 Å². The third kappa shape index (κ3) is 6.84. The van der Waals surface area contributed by atoms with Gasteiger partial charge in [-0.1, -0.05) is 36.2 Å². The third-order valence-corrected chi connectivity index (χ3v) is 2.76. The lowest BCUT2D eigenvalue weighted by atomic mass is 10.00. The van der Waals surface area contributed by atoms with Gasteiger partial charge in [-0.15, -0.1) is 0 Å². The van der Waals surface area contributed by atoms with Crippen molar-refractivity contribution in [3.8, 4) is 0 Å². The largest absolute Gasteiger partial charge is 0.300 e. The Morgan fingerprint density at radius 3 is 2.58 bits per heavy atom. The number of rotatable bonds is 7. The van der Waals surface area contributed by atoms with E-state index in [-0.39, 0.29) is 0 Å². The van der Waals surface area contributed by atoms with Gasteiger partial charge in [-0.3, -0.25) is 4.79 Å². The van der Waals surface area contributed by atoms with Crippen LogP contribution in [0.5, 0.6) is 0 Å². The summed E-state index contributed by atoms with van der Waals surface area (Å²) >= 11 is 3.32. The second-order valence-corrected chi connectivity index (χ2v) is 4.18. The second kappa shape index (κ2) is 7.78. The van der Waals surface area contributed by atoms with Crippen molar-refractivity contribution in [1.29, 1.82) is 0 Å². The van der Waals surface area contributed by atoms with Gasteiger partial charge in [0.05, 0.1) is 0 Å². The van der Waals surface area contributed by atoms with Gasteiger partial charge in [0, 0.05) is 18.2 Å². The number of carbonyl (C=O) groups excluding carboxylic acids is 1. The number of ketones is 1. The molecule has 0 rings (SSSR count). The molecule has 0 bridgehead atoms. The van der Waals surface area contributed by atoms with E-state index in [9.17, 15) is 4.79 Å². The third-order valence-electron chi connectivity index (χ3n) is 2.20. The maximum atomic E-state index is 11.2. The second-order valence-electron chi connectivity index (χ2n) is 3.38. The molecule has 0 saturated heterocycles. The van der Waals surface area contributed by atoms with Gasteiger partial charge in [0.25, 0.3) is 0 Å². The highest BCUT2D eigenvalue weighted by atomic mass is 79.9. The van der Waals surface area contributed by atoms with E-state index < -0.39 is 0 Å². The van der Waals surface area contributed by atoms with Crippen molar-refractivity contribution in [2.75, 3.05) is 5.33 Å². The highest BCUT2D eigenvalue weighted by Gasteiger charge is 2.04. The molecule has 0 heterocycles. The van der Waals surface area contributed by atoms with Gasteiger partial charge >= 0.3 is 0 Å². The minimum atomic E-state index is 0.426. The Morgan fingerprint density at radius 1 is 1.42 bits per heavy atom. The van der Waals surface area contributed by atoms with Crippen molar-refractivity contribution >= 4 is 21.7 Å². The van der Waals surface area contributed by atoms with E-state index in [1.54, 1.807) is 0 Å². The number of carbonyl (C=O) groups is 1. The molecule has 0 aliphatic carbocycles. The molecular weight excluding hydrogens is 216 g/mol. The summed E-state index contributed by atoms with van der Waals surface area (Å²) in [6.07, 6.45) is 4.77. The Kier molecular flexibility index (Phi) is 7.88. The summed E-state index contributed by atoms with van der Waals surface area (Å²) in [4.78, 5) is 11.2. The maximum absolute atomic E-state index is 11.2. The monoisotopic (exact) mass is 234 g/mol. The average Bonchev–Trinajstić information content (AvgIpc) is 2.10. The molecule has 0 spiro atoms. The number of hydrogen-bond acceptors (Lipinski definition) is 1. The molecule has 0 N–H and O–H groups in total. The van der Waals surface area contributed by atoms with Crippen LogP contribution in [0.2, 0.25) is 0 Å². The van der Waals surface area contributed by atoms with Crippen molar-refractivity contribution in [2.45, 2.75) is 46.0 Å². The van der Waals surface area contributed by atoms with Crippen LogP contribution in [0.25, 0.3) is 0 Å². The molecule has 0 amide bonds. The number of halogens is 1. The summed E-state index contributed by atoms with van der Waals surface area (Å²) in [6, 6.07) is 0. The van der Waals surface area contributed by atoms with Crippen LogP contribution >= 0.6 is 15.9 Å². The summed E-state index contributed by atoms with van der Waals surface area (Å²) in [7, 11) is 0. The topological polar surface area (TPSA) is 17.1 Å². The van der Waals surface area contributed by atoms with Gasteiger partial charge in [-0.2, -0.15) is 0 Å². The first kappa shape index (κ1) is 12.2. The fourth-order valence-electron chi connectivity index (χ4n) is 1.00. The Hall–Kier alpha value is 0.150. The molecule has 0 aromatic carbocycles. The fraction of sp³-hybridized carbons (Fsp3) is 0.900. The fourth-order valence-corrected chi connectivity index (χ4v) is 1.28. The van der Waals surface area contributed by atoms with Crippen molar-refractivity contribution < 1.29 is 4.79 Å². The number of hydrogen-bond donors (Lipinski definition) is 0. The molecule has 0 radical (unpaired) electrons. The smallest absolute Gasteiger partial charge is 0.132 e. The SMILES string of the molecule is CCC(C)CCC(=O)CCCBr. The highest BCUT2D eigenvalue weighted by Crippen LogP contribution is 2.11. The van der Waals surface area contributed by atoms with E-state index in [0.29, 0.717) is 11.7 Å². The van der Waals surface area contributed by atoms with Crippen molar-refractivity contribution in [2.24, 2.45) is 5.92 Å². The zero-order chi connectivity index (χ0) is 9.40. The molecule has 0 aromatic heterocycles. The first-order chi connectivity index (χ1) is 5.70. The van der Waals surface area contributed by atoms with E-state index in [0.717, 1.165) is 31.0 Å². The van der Waals surface area contributed by atoms with Gasteiger partial charge in [-0.25, -0.2) is 0 Å². The number of alkyl halides is 1. The van der Waals surface area contributed by atoms with Crippen LogP contribution in [0, 0.1) is 5.92 Å². The summed E-state index contributed by atoms with van der Waals surface area (Å²) in [5.41, 5.74) is 0. The lowest BCUT2D eigenvalue weighted by Crippen LogP contribution is -2.01. The van der Waals surface area contributed by atoms with Crippen LogP contribution < -0.4 is 0 Å². The van der Waals surface area contributed by atoms with E-state index in [1.807, 2.05) is 0 Å². The minimum Gasteiger partial charge on any atom is -0.300 e. The summed E-state index contributed by atoms with van der Waals surface area (Å²) in [5, 5.41) is 0.946. The van der Waals surface area contributed by atoms with Gasteiger partial charge < -0.3 is 0 Å². The van der Waals surface area contributed by atoms with Gasteiger partial charge in [0.2, 0.25) is 0 Å².